The molecule has 1 aromatic rings. The van der Waals surface area contributed by atoms with Crippen molar-refractivity contribution in [2.24, 2.45) is 5.41 Å². The van der Waals surface area contributed by atoms with Crippen LogP contribution in [0.2, 0.25) is 5.02 Å². The van der Waals surface area contributed by atoms with Gasteiger partial charge in [0.2, 0.25) is 18.1 Å². The monoisotopic (exact) mass is 508 g/mol. The van der Waals surface area contributed by atoms with Crippen LogP contribution in [0.15, 0.2) is 18.2 Å². The zero-order chi connectivity index (χ0) is 25.9. The summed E-state index contributed by atoms with van der Waals surface area (Å²) in [5, 5.41) is 5.41. The third-order valence-corrected chi connectivity index (χ3v) is 6.53. The molecule has 35 heavy (non-hydrogen) atoms. The minimum atomic E-state index is -1.00. The number of anilines is 1. The first-order chi connectivity index (χ1) is 16.4. The topological polar surface area (TPSA) is 140 Å². The molecule has 0 bridgehead atoms. The van der Waals surface area contributed by atoms with Gasteiger partial charge in [0.1, 0.15) is 6.04 Å². The van der Waals surface area contributed by atoms with Crippen LogP contribution in [0.25, 0.3) is 0 Å². The number of amides is 3. The van der Waals surface area contributed by atoms with E-state index in [1.54, 1.807) is 27.7 Å². The summed E-state index contributed by atoms with van der Waals surface area (Å²) in [5.74, 6) is -2.00. The van der Waals surface area contributed by atoms with E-state index in [9.17, 15) is 19.2 Å². The van der Waals surface area contributed by atoms with Crippen LogP contribution in [0.5, 0.6) is 0 Å². The minimum absolute atomic E-state index is 0.118. The zero-order valence-corrected chi connectivity index (χ0v) is 21.2. The maximum absolute atomic E-state index is 13.2. The number of nitrogen functional groups attached to an aromatic ring is 1. The molecule has 2 aliphatic rings. The zero-order valence-electron chi connectivity index (χ0n) is 20.4. The van der Waals surface area contributed by atoms with Crippen LogP contribution in [-0.4, -0.2) is 66.2 Å². The summed E-state index contributed by atoms with van der Waals surface area (Å²) in [6.45, 7) is 8.10. The van der Waals surface area contributed by atoms with Gasteiger partial charge in [-0.1, -0.05) is 32.4 Å². The third kappa shape index (κ3) is 6.31. The maximum atomic E-state index is 13.2. The molecule has 3 rings (SSSR count). The van der Waals surface area contributed by atoms with Crippen LogP contribution >= 0.6 is 11.6 Å². The molecular formula is C24H33ClN4O6. The molecule has 2 saturated heterocycles. The fourth-order valence-corrected chi connectivity index (χ4v) is 4.59. The molecule has 2 aliphatic heterocycles. The van der Waals surface area contributed by atoms with E-state index in [1.165, 1.54) is 18.2 Å². The quantitative estimate of drug-likeness (QED) is 0.374. The van der Waals surface area contributed by atoms with E-state index in [0.29, 0.717) is 25.3 Å². The molecule has 0 saturated carbocycles. The summed E-state index contributed by atoms with van der Waals surface area (Å²) in [6, 6.07) is 2.42. The van der Waals surface area contributed by atoms with Gasteiger partial charge in [-0.15, -0.1) is 0 Å². The van der Waals surface area contributed by atoms with Gasteiger partial charge in [0.25, 0.3) is 5.91 Å². The molecular weight excluding hydrogens is 476 g/mol. The van der Waals surface area contributed by atoms with Crippen molar-refractivity contribution in [2.75, 3.05) is 18.9 Å². The molecule has 2 fully saturated rings. The maximum Gasteiger partial charge on any atom is 0.309 e. The van der Waals surface area contributed by atoms with Crippen molar-refractivity contribution in [2.45, 2.75) is 71.4 Å². The van der Waals surface area contributed by atoms with Gasteiger partial charge in [0, 0.05) is 12.2 Å². The number of imide groups is 1. The van der Waals surface area contributed by atoms with Crippen LogP contribution in [0, 0.1) is 5.41 Å². The van der Waals surface area contributed by atoms with Gasteiger partial charge in [-0.05, 0) is 49.9 Å². The first-order valence-electron chi connectivity index (χ1n) is 11.7. The van der Waals surface area contributed by atoms with Crippen LogP contribution in [0.1, 0.15) is 57.3 Å². The Morgan fingerprint density at radius 2 is 2.03 bits per heavy atom. The van der Waals surface area contributed by atoms with Gasteiger partial charge in [-0.25, -0.2) is 0 Å². The second-order valence-corrected chi connectivity index (χ2v) is 10.3. The van der Waals surface area contributed by atoms with E-state index in [-0.39, 0.29) is 23.0 Å². The molecule has 0 aliphatic carbocycles. The summed E-state index contributed by atoms with van der Waals surface area (Å²) in [5.41, 5.74) is 5.59. The number of carbonyl (C=O) groups excluding carboxylic acids is 4. The summed E-state index contributed by atoms with van der Waals surface area (Å²) in [6.07, 6.45) is 0.629. The number of hydrogen-bond donors (Lipinski definition) is 3. The highest BCUT2D eigenvalue weighted by molar-refractivity contribution is 6.33. The lowest BCUT2D eigenvalue weighted by Crippen LogP contribution is -2.58. The lowest BCUT2D eigenvalue weighted by molar-refractivity contribution is -0.168. The minimum Gasteiger partial charge on any atom is -0.434 e. The molecule has 0 spiro atoms. The van der Waals surface area contributed by atoms with Crippen LogP contribution < -0.4 is 16.4 Å². The summed E-state index contributed by atoms with van der Waals surface area (Å²) >= 11 is 6.02. The van der Waals surface area contributed by atoms with E-state index in [1.807, 2.05) is 4.90 Å². The Hall–Kier alpha value is -2.69. The van der Waals surface area contributed by atoms with Crippen molar-refractivity contribution in [1.82, 2.24) is 15.5 Å². The van der Waals surface area contributed by atoms with Crippen LogP contribution in [0.3, 0.4) is 0 Å². The highest BCUT2D eigenvalue weighted by Gasteiger charge is 2.46. The highest BCUT2D eigenvalue weighted by atomic mass is 35.5. The predicted octanol–water partition coefficient (Wildman–Crippen LogP) is 1.85. The number of esters is 1. The predicted molar refractivity (Wildman–Crippen MR) is 129 cm³/mol. The average molecular weight is 509 g/mol. The largest absolute Gasteiger partial charge is 0.434 e. The summed E-state index contributed by atoms with van der Waals surface area (Å²) in [4.78, 5) is 52.9. The number of likely N-dealkylation sites (tertiary alicyclic amines) is 1. The van der Waals surface area contributed by atoms with Gasteiger partial charge >= 0.3 is 5.97 Å². The number of benzene rings is 1. The Kier molecular flexibility index (Phi) is 8.40. The summed E-state index contributed by atoms with van der Waals surface area (Å²) < 4.78 is 10.8. The average Bonchev–Trinajstić information content (AvgIpc) is 3.39. The Bertz CT molecular complexity index is 995. The van der Waals surface area contributed by atoms with Crippen LogP contribution in [-0.2, 0) is 23.9 Å². The fraction of sp³-hybridized carbons (Fsp3) is 0.583. The highest BCUT2D eigenvalue weighted by Crippen LogP contribution is 2.30. The van der Waals surface area contributed by atoms with E-state index in [0.717, 1.165) is 6.42 Å². The van der Waals surface area contributed by atoms with Gasteiger partial charge in [0.15, 0.2) is 0 Å². The number of nitrogens with two attached hydrogens (primary N) is 1. The van der Waals surface area contributed by atoms with E-state index < -0.39 is 47.6 Å². The number of rotatable bonds is 7. The normalized spacial score (nSPS) is 23.6. The molecule has 0 unspecified atom stereocenters. The Morgan fingerprint density at radius 1 is 1.31 bits per heavy atom. The fourth-order valence-electron chi connectivity index (χ4n) is 4.41. The van der Waals surface area contributed by atoms with Gasteiger partial charge < -0.3 is 20.5 Å². The Labute approximate surface area is 209 Å². The smallest absolute Gasteiger partial charge is 0.309 e. The van der Waals surface area contributed by atoms with Crippen LogP contribution in [0.4, 0.5) is 5.69 Å². The lowest BCUT2D eigenvalue weighted by atomic mass is 9.85. The second kappa shape index (κ2) is 10.9. The molecule has 3 amide bonds. The van der Waals surface area contributed by atoms with E-state index in [4.69, 9.17) is 26.8 Å². The molecule has 1 aromatic carbocycles. The first-order valence-corrected chi connectivity index (χ1v) is 12.1. The number of hydrogen-bond acceptors (Lipinski definition) is 8. The van der Waals surface area contributed by atoms with Crippen molar-refractivity contribution >= 4 is 41.0 Å². The molecule has 0 aromatic heterocycles. The van der Waals surface area contributed by atoms with Gasteiger partial charge in [0.05, 0.1) is 29.2 Å². The summed E-state index contributed by atoms with van der Waals surface area (Å²) in [7, 11) is 0. The molecule has 2 heterocycles. The van der Waals surface area contributed by atoms with Crippen molar-refractivity contribution in [3.63, 3.8) is 0 Å². The Morgan fingerprint density at radius 3 is 2.66 bits per heavy atom. The van der Waals surface area contributed by atoms with Crippen molar-refractivity contribution in [1.29, 1.82) is 0 Å². The number of carbonyl (C=O) groups is 4. The number of nitrogens with one attached hydrogen (secondary N) is 2. The molecule has 4 atom stereocenters. The van der Waals surface area contributed by atoms with Gasteiger partial charge in [-0.3, -0.25) is 29.4 Å². The molecule has 10 nitrogen and oxygen atoms in total. The van der Waals surface area contributed by atoms with Crippen molar-refractivity contribution < 1.29 is 28.7 Å². The van der Waals surface area contributed by atoms with E-state index >= 15 is 0 Å². The second-order valence-electron chi connectivity index (χ2n) is 9.84. The number of nitrogens with zero attached hydrogens (tertiary/aromatic N) is 1. The number of ether oxygens (including phenoxy) is 2. The first kappa shape index (κ1) is 26.9. The SMILES string of the molecule is CCO[C@@H]1OC(=O)C[C@@H]1N1CCC[C@H]1C(=O)NC(=O)[C@@H](NC(=O)c1ccc(N)c(Cl)c1)C(C)(C)C. The molecule has 192 valence electrons. The molecule has 4 N–H and O–H groups in total. The lowest BCUT2D eigenvalue weighted by Gasteiger charge is -2.33. The van der Waals surface area contributed by atoms with Crippen molar-refractivity contribution in [3.05, 3.63) is 28.8 Å². The third-order valence-electron chi connectivity index (χ3n) is 6.20. The van der Waals surface area contributed by atoms with Gasteiger partial charge in [-0.2, -0.15) is 0 Å². The number of halogens is 1. The van der Waals surface area contributed by atoms with Crippen molar-refractivity contribution in [3.8, 4) is 0 Å². The van der Waals surface area contributed by atoms with E-state index in [2.05, 4.69) is 10.6 Å². The number of cyclic esters (lactones) is 1. The standard InChI is InChI=1S/C24H33ClN4O6/c1-5-34-23-17(12-18(30)35-23)29-10-6-7-16(29)21(32)28-22(33)19(24(2,3)4)27-20(31)13-8-9-15(26)14(25)11-13/h8-9,11,16-17,19,23H,5-7,10,12,26H2,1-4H3,(H,27,31)(H,28,32,33)/t16-,17-,19+,23+/m0/s1. The molecule has 11 heteroatoms. The Balaban J connectivity index is 1.71. The molecule has 0 radical (unpaired) electrons.